The molecule has 0 spiro atoms. The highest BCUT2D eigenvalue weighted by Crippen LogP contribution is 2.30. The average Bonchev–Trinajstić information content (AvgIpc) is 3.00. The normalized spacial score (nSPS) is 27.0. The minimum Gasteiger partial charge on any atom is -0.467 e. The molecule has 0 amide bonds. The van der Waals surface area contributed by atoms with Gasteiger partial charge in [0.05, 0.1) is 32.3 Å². The van der Waals surface area contributed by atoms with Gasteiger partial charge in [0.25, 0.3) is 0 Å². The topological polar surface area (TPSA) is 103 Å². The van der Waals surface area contributed by atoms with Gasteiger partial charge in [-0.25, -0.2) is 9.97 Å². The number of methoxy groups -OCH3 is 1. The lowest BCUT2D eigenvalue weighted by Crippen LogP contribution is -2.24. The predicted molar refractivity (Wildman–Crippen MR) is 63.5 cm³/mol. The van der Waals surface area contributed by atoms with Crippen molar-refractivity contribution in [2.45, 2.75) is 24.9 Å². The Bertz CT molecular complexity index is 587. The van der Waals surface area contributed by atoms with Gasteiger partial charge in [0.2, 0.25) is 0 Å². The Morgan fingerprint density at radius 1 is 1.53 bits per heavy atom. The Hall–Kier alpha value is -1.77. The van der Waals surface area contributed by atoms with Gasteiger partial charge in [-0.15, -0.1) is 0 Å². The van der Waals surface area contributed by atoms with Crippen molar-refractivity contribution in [3.63, 3.8) is 0 Å². The average molecular weight is 266 g/mol. The van der Waals surface area contributed by atoms with E-state index in [0.29, 0.717) is 17.6 Å². The summed E-state index contributed by atoms with van der Waals surface area (Å²) in [6.07, 6.45) is 1.84. The Morgan fingerprint density at radius 3 is 3.05 bits per heavy atom. The fourth-order valence-electron chi connectivity index (χ4n) is 2.17. The summed E-state index contributed by atoms with van der Waals surface area (Å²) in [7, 11) is 1.49. The number of rotatable bonds is 3. The standard InChI is InChI=1S/C11H14N4O4/c1-18-11-12-3-6-10(14-11)15(5-13-6)9-2-7(17)8(4-16)19-9/h3,5,7-9,16-17H,2,4H2,1H3/t7-,8+,9+/m1/s1. The molecule has 0 aromatic carbocycles. The van der Waals surface area contributed by atoms with Gasteiger partial charge in [-0.1, -0.05) is 0 Å². The molecule has 0 aliphatic carbocycles. The lowest BCUT2D eigenvalue weighted by Gasteiger charge is -2.13. The number of fused-ring (bicyclic) bond motifs is 1. The van der Waals surface area contributed by atoms with Gasteiger partial charge >= 0.3 is 6.01 Å². The van der Waals surface area contributed by atoms with Crippen LogP contribution in [-0.4, -0.2) is 55.7 Å². The van der Waals surface area contributed by atoms with Gasteiger partial charge in [0.15, 0.2) is 5.65 Å². The quantitative estimate of drug-likeness (QED) is 0.770. The largest absolute Gasteiger partial charge is 0.467 e. The van der Waals surface area contributed by atoms with Gasteiger partial charge in [-0.2, -0.15) is 4.98 Å². The molecule has 19 heavy (non-hydrogen) atoms. The first kappa shape index (κ1) is 12.3. The molecule has 2 aromatic rings. The molecule has 3 atom stereocenters. The number of imidazole rings is 1. The SMILES string of the molecule is COc1ncc2ncn([C@@H]3C[C@@H](O)[C@H](CO)O3)c2n1. The first-order chi connectivity index (χ1) is 9.22. The Kier molecular flexibility index (Phi) is 3.05. The van der Waals surface area contributed by atoms with Crippen molar-refractivity contribution in [2.75, 3.05) is 13.7 Å². The molecule has 0 radical (unpaired) electrons. The second-order valence-corrected chi connectivity index (χ2v) is 4.33. The minimum atomic E-state index is -0.698. The zero-order valence-corrected chi connectivity index (χ0v) is 10.3. The lowest BCUT2D eigenvalue weighted by molar-refractivity contribution is -0.0432. The van der Waals surface area contributed by atoms with E-state index in [1.54, 1.807) is 17.1 Å². The van der Waals surface area contributed by atoms with Crippen LogP contribution in [0.3, 0.4) is 0 Å². The fraction of sp³-hybridized carbons (Fsp3) is 0.545. The zero-order valence-electron chi connectivity index (χ0n) is 10.3. The summed E-state index contributed by atoms with van der Waals surface area (Å²) in [6, 6.07) is 0.242. The van der Waals surface area contributed by atoms with E-state index >= 15 is 0 Å². The molecule has 102 valence electrons. The fourth-order valence-corrected chi connectivity index (χ4v) is 2.17. The van der Waals surface area contributed by atoms with Crippen LogP contribution in [0.4, 0.5) is 0 Å². The Balaban J connectivity index is 1.97. The maximum atomic E-state index is 9.75. The van der Waals surface area contributed by atoms with E-state index in [9.17, 15) is 5.11 Å². The minimum absolute atomic E-state index is 0.220. The van der Waals surface area contributed by atoms with Gasteiger partial charge in [-0.05, 0) is 0 Å². The molecule has 1 saturated heterocycles. The molecule has 0 unspecified atom stereocenters. The molecular formula is C11H14N4O4. The van der Waals surface area contributed by atoms with Crippen LogP contribution in [0, 0.1) is 0 Å². The number of aliphatic hydroxyl groups is 2. The van der Waals surface area contributed by atoms with Crippen LogP contribution in [0.1, 0.15) is 12.6 Å². The summed E-state index contributed by atoms with van der Waals surface area (Å²) < 4.78 is 12.3. The second kappa shape index (κ2) is 4.72. The van der Waals surface area contributed by atoms with Gasteiger partial charge < -0.3 is 19.7 Å². The maximum Gasteiger partial charge on any atom is 0.318 e. The predicted octanol–water partition coefficient (Wildman–Crippen LogP) is -0.524. The van der Waals surface area contributed by atoms with Crippen molar-refractivity contribution in [3.05, 3.63) is 12.5 Å². The van der Waals surface area contributed by atoms with E-state index < -0.39 is 18.4 Å². The van der Waals surface area contributed by atoms with Crippen LogP contribution < -0.4 is 4.74 Å². The van der Waals surface area contributed by atoms with E-state index in [4.69, 9.17) is 14.6 Å². The highest BCUT2D eigenvalue weighted by molar-refractivity contribution is 5.69. The molecule has 1 aliphatic heterocycles. The van der Waals surface area contributed by atoms with Crippen LogP contribution in [-0.2, 0) is 4.74 Å². The third kappa shape index (κ3) is 2.03. The van der Waals surface area contributed by atoms with Crippen molar-refractivity contribution in [1.82, 2.24) is 19.5 Å². The number of hydrogen-bond acceptors (Lipinski definition) is 7. The highest BCUT2D eigenvalue weighted by atomic mass is 16.5. The van der Waals surface area contributed by atoms with Crippen molar-refractivity contribution in [2.24, 2.45) is 0 Å². The van der Waals surface area contributed by atoms with Gasteiger partial charge in [0, 0.05) is 6.42 Å². The Morgan fingerprint density at radius 2 is 2.37 bits per heavy atom. The van der Waals surface area contributed by atoms with Crippen LogP contribution in [0.5, 0.6) is 6.01 Å². The molecule has 3 heterocycles. The van der Waals surface area contributed by atoms with Gasteiger partial charge in [0.1, 0.15) is 17.8 Å². The molecule has 8 nitrogen and oxygen atoms in total. The van der Waals surface area contributed by atoms with Crippen LogP contribution in [0.15, 0.2) is 12.5 Å². The first-order valence-electron chi connectivity index (χ1n) is 5.91. The van der Waals surface area contributed by atoms with E-state index in [1.165, 1.54) is 7.11 Å². The second-order valence-electron chi connectivity index (χ2n) is 4.33. The summed E-state index contributed by atoms with van der Waals surface area (Å²) in [4.78, 5) is 12.4. The molecule has 0 bridgehead atoms. The molecule has 8 heteroatoms. The van der Waals surface area contributed by atoms with Crippen LogP contribution in [0.25, 0.3) is 11.2 Å². The summed E-state index contributed by atoms with van der Waals surface area (Å²) >= 11 is 0. The first-order valence-corrected chi connectivity index (χ1v) is 5.91. The van der Waals surface area contributed by atoms with E-state index in [-0.39, 0.29) is 12.6 Å². The van der Waals surface area contributed by atoms with Gasteiger partial charge in [-0.3, -0.25) is 4.57 Å². The van der Waals surface area contributed by atoms with E-state index in [0.717, 1.165) is 0 Å². The molecule has 1 fully saturated rings. The third-order valence-corrected chi connectivity index (χ3v) is 3.17. The Labute approximate surface area is 108 Å². The van der Waals surface area contributed by atoms with Crippen LogP contribution >= 0.6 is 0 Å². The number of aliphatic hydroxyl groups excluding tert-OH is 2. The van der Waals surface area contributed by atoms with E-state index in [2.05, 4.69) is 15.0 Å². The molecule has 2 aromatic heterocycles. The van der Waals surface area contributed by atoms with E-state index in [1.807, 2.05) is 0 Å². The van der Waals surface area contributed by atoms with Crippen molar-refractivity contribution < 1.29 is 19.7 Å². The number of aromatic nitrogens is 4. The number of ether oxygens (including phenoxy) is 2. The number of hydrogen-bond donors (Lipinski definition) is 2. The smallest absolute Gasteiger partial charge is 0.318 e. The maximum absolute atomic E-state index is 9.75. The molecule has 1 aliphatic rings. The summed E-state index contributed by atoms with van der Waals surface area (Å²) in [6.45, 7) is -0.220. The highest BCUT2D eigenvalue weighted by Gasteiger charge is 2.35. The monoisotopic (exact) mass is 266 g/mol. The zero-order chi connectivity index (χ0) is 13.4. The van der Waals surface area contributed by atoms with Crippen LogP contribution in [0.2, 0.25) is 0 Å². The van der Waals surface area contributed by atoms with Crippen molar-refractivity contribution in [1.29, 1.82) is 0 Å². The molecule has 2 N–H and O–H groups in total. The number of nitrogens with zero attached hydrogens (tertiary/aromatic N) is 4. The van der Waals surface area contributed by atoms with Crippen molar-refractivity contribution in [3.8, 4) is 6.01 Å². The van der Waals surface area contributed by atoms with Crippen molar-refractivity contribution >= 4 is 11.2 Å². The third-order valence-electron chi connectivity index (χ3n) is 3.17. The summed E-state index contributed by atoms with van der Waals surface area (Å²) in [5.41, 5.74) is 1.19. The summed E-state index contributed by atoms with van der Waals surface area (Å²) in [5.74, 6) is 0. The molecular weight excluding hydrogens is 252 g/mol. The molecule has 3 rings (SSSR count). The lowest BCUT2D eigenvalue weighted by atomic mass is 10.2. The summed E-state index contributed by atoms with van der Waals surface area (Å²) in [5, 5.41) is 18.8. The molecule has 0 saturated carbocycles.